The van der Waals surface area contributed by atoms with Crippen molar-refractivity contribution < 1.29 is 4.74 Å². The molecule has 0 aromatic heterocycles. The fourth-order valence-corrected chi connectivity index (χ4v) is 2.21. The Hall–Kier alpha value is -0.790. The second-order valence-electron chi connectivity index (χ2n) is 4.01. The van der Waals surface area contributed by atoms with E-state index in [1.807, 2.05) is 0 Å². The van der Waals surface area contributed by atoms with Crippen LogP contribution >= 0.6 is 0 Å². The van der Waals surface area contributed by atoms with Crippen molar-refractivity contribution in [1.29, 1.82) is 0 Å². The van der Waals surface area contributed by atoms with Crippen LogP contribution in [0, 0.1) is 5.41 Å². The number of hydrogen-bond donors (Lipinski definition) is 0. The van der Waals surface area contributed by atoms with Crippen LogP contribution in [0.25, 0.3) is 0 Å². The Kier molecular flexibility index (Phi) is 2.38. The zero-order chi connectivity index (χ0) is 9.15. The average Bonchev–Trinajstić information content (AvgIpc) is 2.59. The summed E-state index contributed by atoms with van der Waals surface area (Å²) in [6.45, 7) is 7.46. The Morgan fingerprint density at radius 1 is 1.31 bits per heavy atom. The summed E-state index contributed by atoms with van der Waals surface area (Å²) in [5.41, 5.74) is 0.479. The molecule has 2 saturated heterocycles. The normalized spacial score (nSPS) is 26.0. The van der Waals surface area contributed by atoms with Crippen LogP contribution in [0.3, 0.4) is 0 Å². The van der Waals surface area contributed by atoms with E-state index in [0.29, 0.717) is 5.41 Å². The SMILES string of the molecule is C=C=NN1CCC2(CCOC2)CC1. The maximum atomic E-state index is 5.46. The highest BCUT2D eigenvalue weighted by Crippen LogP contribution is 2.38. The molecule has 2 rings (SSSR count). The van der Waals surface area contributed by atoms with E-state index in [4.69, 9.17) is 4.74 Å². The Morgan fingerprint density at radius 3 is 2.62 bits per heavy atom. The summed E-state index contributed by atoms with van der Waals surface area (Å²) in [4.78, 5) is 0. The van der Waals surface area contributed by atoms with Gasteiger partial charge >= 0.3 is 0 Å². The molecule has 0 unspecified atom stereocenters. The summed E-state index contributed by atoms with van der Waals surface area (Å²) in [5.74, 6) is 2.59. The maximum Gasteiger partial charge on any atom is 0.0524 e. The van der Waals surface area contributed by atoms with Gasteiger partial charge in [0.05, 0.1) is 6.61 Å². The lowest BCUT2D eigenvalue weighted by Gasteiger charge is -2.36. The van der Waals surface area contributed by atoms with E-state index >= 15 is 0 Å². The standard InChI is InChI=1S/C10H16N2O/c1-2-11-12-6-3-10(4-7-12)5-8-13-9-10/h1,3-9H2. The van der Waals surface area contributed by atoms with E-state index in [1.165, 1.54) is 19.3 Å². The zero-order valence-corrected chi connectivity index (χ0v) is 7.96. The molecule has 0 radical (unpaired) electrons. The van der Waals surface area contributed by atoms with Gasteiger partial charge in [0.1, 0.15) is 0 Å². The second kappa shape index (κ2) is 3.52. The third-order valence-electron chi connectivity index (χ3n) is 3.20. The molecule has 72 valence electrons. The summed E-state index contributed by atoms with van der Waals surface area (Å²) < 4.78 is 5.46. The van der Waals surface area contributed by atoms with Crippen LogP contribution in [0.1, 0.15) is 19.3 Å². The van der Waals surface area contributed by atoms with Crippen LogP contribution < -0.4 is 0 Å². The van der Waals surface area contributed by atoms with E-state index < -0.39 is 0 Å². The minimum atomic E-state index is 0.479. The fourth-order valence-electron chi connectivity index (χ4n) is 2.21. The number of ether oxygens (including phenoxy) is 1. The van der Waals surface area contributed by atoms with Crippen LogP contribution in [0.15, 0.2) is 11.7 Å². The van der Waals surface area contributed by atoms with E-state index in [0.717, 1.165) is 26.3 Å². The molecule has 0 bridgehead atoms. The lowest BCUT2D eigenvalue weighted by atomic mass is 9.78. The van der Waals surface area contributed by atoms with Gasteiger partial charge in [-0.05, 0) is 31.3 Å². The van der Waals surface area contributed by atoms with Gasteiger partial charge in [-0.15, -0.1) is 5.10 Å². The predicted octanol–water partition coefficient (Wildman–Crippen LogP) is 1.26. The molecule has 1 spiro atoms. The Bertz CT molecular complexity index is 217. The van der Waals surface area contributed by atoms with Gasteiger partial charge in [-0.2, -0.15) is 0 Å². The highest BCUT2D eigenvalue weighted by atomic mass is 16.5. The maximum absolute atomic E-state index is 5.46. The van der Waals surface area contributed by atoms with Crippen molar-refractivity contribution >= 4 is 5.87 Å². The van der Waals surface area contributed by atoms with Gasteiger partial charge in [0.15, 0.2) is 0 Å². The quantitative estimate of drug-likeness (QED) is 0.567. The third kappa shape index (κ3) is 1.77. The topological polar surface area (TPSA) is 24.8 Å². The molecule has 2 heterocycles. The third-order valence-corrected chi connectivity index (χ3v) is 3.20. The minimum absolute atomic E-state index is 0.479. The first kappa shape index (κ1) is 8.79. The summed E-state index contributed by atoms with van der Waals surface area (Å²) in [6, 6.07) is 0. The molecule has 13 heavy (non-hydrogen) atoms. The lowest BCUT2D eigenvalue weighted by molar-refractivity contribution is 0.0828. The second-order valence-corrected chi connectivity index (χ2v) is 4.01. The molecule has 0 amide bonds. The summed E-state index contributed by atoms with van der Waals surface area (Å²) in [7, 11) is 0. The molecule has 2 aliphatic rings. The molecule has 3 nitrogen and oxygen atoms in total. The first-order valence-corrected chi connectivity index (χ1v) is 4.90. The van der Waals surface area contributed by atoms with E-state index in [1.54, 1.807) is 0 Å². The monoisotopic (exact) mass is 180 g/mol. The smallest absolute Gasteiger partial charge is 0.0524 e. The van der Waals surface area contributed by atoms with Crippen LogP contribution in [0.2, 0.25) is 0 Å². The van der Waals surface area contributed by atoms with Crippen molar-refractivity contribution in [2.45, 2.75) is 19.3 Å². The molecular formula is C10H16N2O. The van der Waals surface area contributed by atoms with Crippen LogP contribution in [0.5, 0.6) is 0 Å². The zero-order valence-electron chi connectivity index (χ0n) is 7.96. The average molecular weight is 180 g/mol. The minimum Gasteiger partial charge on any atom is -0.381 e. The van der Waals surface area contributed by atoms with E-state index in [9.17, 15) is 0 Å². The summed E-state index contributed by atoms with van der Waals surface area (Å²) in [5, 5.41) is 6.12. The molecule has 3 heteroatoms. The van der Waals surface area contributed by atoms with Gasteiger partial charge < -0.3 is 4.74 Å². The number of piperidine rings is 1. The highest BCUT2D eigenvalue weighted by molar-refractivity contribution is 5.45. The number of nitrogens with zero attached hydrogens (tertiary/aromatic N) is 2. The Morgan fingerprint density at radius 2 is 2.08 bits per heavy atom. The number of hydrazone groups is 1. The number of rotatable bonds is 1. The van der Waals surface area contributed by atoms with Crippen molar-refractivity contribution in [3.63, 3.8) is 0 Å². The van der Waals surface area contributed by atoms with Gasteiger partial charge in [0.2, 0.25) is 0 Å². The first-order chi connectivity index (χ1) is 6.35. The van der Waals surface area contributed by atoms with E-state index in [-0.39, 0.29) is 0 Å². The number of hydrogen-bond acceptors (Lipinski definition) is 3. The molecule has 0 atom stereocenters. The van der Waals surface area contributed by atoms with Crippen molar-refractivity contribution in [3.05, 3.63) is 6.58 Å². The molecule has 2 aliphatic heterocycles. The molecule has 2 fully saturated rings. The van der Waals surface area contributed by atoms with Gasteiger partial charge in [0, 0.05) is 25.6 Å². The molecule has 0 saturated carbocycles. The molecule has 0 N–H and O–H groups in total. The molecule has 0 aromatic carbocycles. The fraction of sp³-hybridized carbons (Fsp3) is 0.800. The summed E-state index contributed by atoms with van der Waals surface area (Å²) in [6.07, 6.45) is 3.65. The summed E-state index contributed by atoms with van der Waals surface area (Å²) >= 11 is 0. The van der Waals surface area contributed by atoms with Crippen LogP contribution in [-0.4, -0.2) is 37.2 Å². The van der Waals surface area contributed by atoms with Crippen molar-refractivity contribution in [2.75, 3.05) is 26.3 Å². The predicted molar refractivity (Wildman–Crippen MR) is 51.7 cm³/mol. The first-order valence-electron chi connectivity index (χ1n) is 4.90. The van der Waals surface area contributed by atoms with Crippen molar-refractivity contribution in [1.82, 2.24) is 5.01 Å². The Balaban J connectivity index is 1.91. The van der Waals surface area contributed by atoms with Crippen molar-refractivity contribution in [2.24, 2.45) is 10.5 Å². The Labute approximate surface area is 79.1 Å². The van der Waals surface area contributed by atoms with Gasteiger partial charge in [-0.3, -0.25) is 5.01 Å². The highest BCUT2D eigenvalue weighted by Gasteiger charge is 2.37. The molecule has 0 aliphatic carbocycles. The van der Waals surface area contributed by atoms with Crippen LogP contribution in [0.4, 0.5) is 0 Å². The van der Waals surface area contributed by atoms with Gasteiger partial charge in [-0.25, -0.2) is 0 Å². The lowest BCUT2D eigenvalue weighted by Crippen LogP contribution is -2.37. The van der Waals surface area contributed by atoms with Crippen LogP contribution in [-0.2, 0) is 4.74 Å². The molecular weight excluding hydrogens is 164 g/mol. The van der Waals surface area contributed by atoms with Gasteiger partial charge in [0.25, 0.3) is 0 Å². The van der Waals surface area contributed by atoms with E-state index in [2.05, 4.69) is 22.6 Å². The largest absolute Gasteiger partial charge is 0.381 e. The van der Waals surface area contributed by atoms with Gasteiger partial charge in [-0.1, -0.05) is 0 Å². The van der Waals surface area contributed by atoms with Crippen molar-refractivity contribution in [3.8, 4) is 0 Å². The molecule has 0 aromatic rings.